The molecule has 104 valence electrons. The van der Waals surface area contributed by atoms with Crippen molar-refractivity contribution in [3.05, 3.63) is 72.9 Å². The Bertz CT molecular complexity index is 1130. The van der Waals surface area contributed by atoms with Crippen molar-refractivity contribution in [3.8, 4) is 11.1 Å². The molecule has 3 aromatic carbocycles. The van der Waals surface area contributed by atoms with Gasteiger partial charge in [0.1, 0.15) is 0 Å². The van der Waals surface area contributed by atoms with E-state index in [1.807, 2.05) is 17.5 Å². The fourth-order valence-corrected chi connectivity index (χ4v) is 4.43. The van der Waals surface area contributed by atoms with Gasteiger partial charge in [0.05, 0.1) is 0 Å². The summed E-state index contributed by atoms with van der Waals surface area (Å²) in [6.07, 6.45) is 1.99. The molecule has 2 aromatic heterocycles. The molecule has 0 aliphatic heterocycles. The molecule has 0 saturated carbocycles. The highest BCUT2D eigenvalue weighted by molar-refractivity contribution is 7.26. The summed E-state index contributed by atoms with van der Waals surface area (Å²) in [4.78, 5) is 3.26. The molecule has 1 N–H and O–H groups in total. The Morgan fingerprint density at radius 1 is 0.773 bits per heavy atom. The molecule has 0 aliphatic carbocycles. The molecule has 0 radical (unpaired) electrons. The second-order valence-electron chi connectivity index (χ2n) is 5.56. The van der Waals surface area contributed by atoms with E-state index < -0.39 is 0 Å². The number of fused-ring (bicyclic) bond motifs is 4. The smallest absolute Gasteiger partial charge is 0.0454 e. The zero-order valence-corrected chi connectivity index (χ0v) is 12.7. The van der Waals surface area contributed by atoms with Crippen LogP contribution in [0.5, 0.6) is 0 Å². The molecular weight excluding hydrogens is 286 g/mol. The lowest BCUT2D eigenvalue weighted by Gasteiger charge is -2.04. The van der Waals surface area contributed by atoms with Crippen LogP contribution in [-0.2, 0) is 0 Å². The summed E-state index contributed by atoms with van der Waals surface area (Å²) in [6.45, 7) is 0. The van der Waals surface area contributed by atoms with Crippen molar-refractivity contribution in [2.45, 2.75) is 0 Å². The fraction of sp³-hybridized carbons (Fsp3) is 0. The Morgan fingerprint density at radius 3 is 2.68 bits per heavy atom. The van der Waals surface area contributed by atoms with Crippen LogP contribution in [0.2, 0.25) is 0 Å². The fourth-order valence-electron chi connectivity index (χ4n) is 3.20. The van der Waals surface area contributed by atoms with Crippen molar-refractivity contribution in [2.75, 3.05) is 0 Å². The van der Waals surface area contributed by atoms with E-state index >= 15 is 0 Å². The van der Waals surface area contributed by atoms with Crippen LogP contribution in [0, 0.1) is 0 Å². The third kappa shape index (κ3) is 1.65. The molecule has 2 heteroatoms. The van der Waals surface area contributed by atoms with Crippen LogP contribution in [0.25, 0.3) is 42.2 Å². The highest BCUT2D eigenvalue weighted by Gasteiger charge is 2.10. The summed E-state index contributed by atoms with van der Waals surface area (Å²) >= 11 is 1.88. The summed E-state index contributed by atoms with van der Waals surface area (Å²) < 4.78 is 2.73. The first-order valence-electron chi connectivity index (χ1n) is 7.38. The SMILES string of the molecule is c1ccc2c(c1)sc1c(-c3ccc4[nH]ccc4c3)cccc12. The van der Waals surface area contributed by atoms with Crippen molar-refractivity contribution in [1.29, 1.82) is 0 Å². The number of rotatable bonds is 1. The normalized spacial score (nSPS) is 11.6. The van der Waals surface area contributed by atoms with Gasteiger partial charge >= 0.3 is 0 Å². The number of benzene rings is 3. The lowest BCUT2D eigenvalue weighted by atomic mass is 10.0. The molecule has 0 amide bonds. The maximum Gasteiger partial charge on any atom is 0.0454 e. The first-order chi connectivity index (χ1) is 10.9. The Balaban J connectivity index is 1.86. The molecule has 5 aromatic rings. The number of hydrogen-bond donors (Lipinski definition) is 1. The van der Waals surface area contributed by atoms with Crippen LogP contribution < -0.4 is 0 Å². The van der Waals surface area contributed by atoms with E-state index in [0.29, 0.717) is 0 Å². The quantitative estimate of drug-likeness (QED) is 0.379. The van der Waals surface area contributed by atoms with Crippen LogP contribution in [0.1, 0.15) is 0 Å². The standard InChI is InChI=1S/C20H13NS/c1-2-7-19-16(4-1)17-6-3-5-15(20(17)22-19)13-8-9-18-14(12-13)10-11-21-18/h1-12,21H. The average Bonchev–Trinajstić information content (AvgIpc) is 3.18. The van der Waals surface area contributed by atoms with Crippen LogP contribution in [0.4, 0.5) is 0 Å². The van der Waals surface area contributed by atoms with Gasteiger partial charge in [-0.05, 0) is 40.8 Å². The average molecular weight is 299 g/mol. The predicted octanol–water partition coefficient (Wildman–Crippen LogP) is 6.20. The van der Waals surface area contributed by atoms with Gasteiger partial charge in [0.2, 0.25) is 0 Å². The van der Waals surface area contributed by atoms with E-state index in [1.54, 1.807) is 0 Å². The number of thiophene rings is 1. The van der Waals surface area contributed by atoms with Crippen molar-refractivity contribution < 1.29 is 0 Å². The summed E-state index contributed by atoms with van der Waals surface area (Å²) in [5.41, 5.74) is 3.79. The van der Waals surface area contributed by atoms with Crippen molar-refractivity contribution >= 4 is 42.4 Å². The molecule has 0 spiro atoms. The van der Waals surface area contributed by atoms with Gasteiger partial charge in [-0.15, -0.1) is 11.3 Å². The zero-order chi connectivity index (χ0) is 14.5. The highest BCUT2D eigenvalue weighted by atomic mass is 32.1. The Hall–Kier alpha value is -2.58. The summed E-state index contributed by atoms with van der Waals surface area (Å²) in [5.74, 6) is 0. The summed E-state index contributed by atoms with van der Waals surface area (Å²) in [5, 5.41) is 3.97. The predicted molar refractivity (Wildman–Crippen MR) is 96.6 cm³/mol. The van der Waals surface area contributed by atoms with Gasteiger partial charge in [-0.3, -0.25) is 0 Å². The molecule has 0 bridgehead atoms. The molecule has 0 fully saturated rings. The number of aromatic nitrogens is 1. The maximum atomic E-state index is 3.26. The maximum absolute atomic E-state index is 3.26. The second-order valence-corrected chi connectivity index (χ2v) is 6.61. The van der Waals surface area contributed by atoms with Gasteiger partial charge < -0.3 is 4.98 Å². The molecular formula is C20H13NS. The largest absolute Gasteiger partial charge is 0.361 e. The third-order valence-electron chi connectivity index (χ3n) is 4.27. The van der Waals surface area contributed by atoms with Gasteiger partial charge in [0.25, 0.3) is 0 Å². The number of hydrogen-bond acceptors (Lipinski definition) is 1. The first kappa shape index (κ1) is 12.0. The molecule has 0 saturated heterocycles. The molecule has 22 heavy (non-hydrogen) atoms. The van der Waals surface area contributed by atoms with Gasteiger partial charge in [0.15, 0.2) is 0 Å². The van der Waals surface area contributed by atoms with Crippen LogP contribution in [-0.4, -0.2) is 4.98 Å². The number of aromatic amines is 1. The van der Waals surface area contributed by atoms with Gasteiger partial charge in [0, 0.05) is 31.9 Å². The summed E-state index contributed by atoms with van der Waals surface area (Å²) in [7, 11) is 0. The van der Waals surface area contributed by atoms with E-state index in [2.05, 4.69) is 71.7 Å². The monoisotopic (exact) mass is 299 g/mol. The van der Waals surface area contributed by atoms with E-state index in [0.717, 1.165) is 0 Å². The molecule has 5 rings (SSSR count). The number of nitrogens with one attached hydrogen (secondary N) is 1. The van der Waals surface area contributed by atoms with Gasteiger partial charge in [-0.25, -0.2) is 0 Å². The van der Waals surface area contributed by atoms with Crippen molar-refractivity contribution in [3.63, 3.8) is 0 Å². The zero-order valence-electron chi connectivity index (χ0n) is 11.8. The molecule has 0 unspecified atom stereocenters. The van der Waals surface area contributed by atoms with E-state index in [-0.39, 0.29) is 0 Å². The Morgan fingerprint density at radius 2 is 1.68 bits per heavy atom. The molecule has 0 atom stereocenters. The van der Waals surface area contributed by atoms with Gasteiger partial charge in [-0.2, -0.15) is 0 Å². The number of H-pyrrole nitrogens is 1. The van der Waals surface area contributed by atoms with E-state index in [1.165, 1.54) is 42.2 Å². The minimum absolute atomic E-state index is 1.19. The van der Waals surface area contributed by atoms with E-state index in [9.17, 15) is 0 Å². The van der Waals surface area contributed by atoms with E-state index in [4.69, 9.17) is 0 Å². The lowest BCUT2D eigenvalue weighted by Crippen LogP contribution is -1.78. The van der Waals surface area contributed by atoms with Crippen LogP contribution in [0.3, 0.4) is 0 Å². The highest BCUT2D eigenvalue weighted by Crippen LogP contribution is 2.40. The Labute approximate surface area is 131 Å². The molecule has 1 nitrogen and oxygen atoms in total. The third-order valence-corrected chi connectivity index (χ3v) is 5.49. The van der Waals surface area contributed by atoms with Crippen LogP contribution in [0.15, 0.2) is 72.9 Å². The van der Waals surface area contributed by atoms with Crippen molar-refractivity contribution in [2.24, 2.45) is 0 Å². The van der Waals surface area contributed by atoms with Crippen molar-refractivity contribution in [1.82, 2.24) is 4.98 Å². The molecule has 2 heterocycles. The Kier molecular flexibility index (Phi) is 2.43. The minimum Gasteiger partial charge on any atom is -0.361 e. The summed E-state index contributed by atoms with van der Waals surface area (Å²) in [6, 6.07) is 24.0. The minimum atomic E-state index is 1.19. The van der Waals surface area contributed by atoms with Gasteiger partial charge in [-0.1, -0.05) is 42.5 Å². The topological polar surface area (TPSA) is 15.8 Å². The first-order valence-corrected chi connectivity index (χ1v) is 8.19. The van der Waals surface area contributed by atoms with Crippen LogP contribution >= 0.6 is 11.3 Å². The second kappa shape index (κ2) is 4.46. The lowest BCUT2D eigenvalue weighted by molar-refractivity contribution is 1.48. The molecule has 0 aliphatic rings.